The van der Waals surface area contributed by atoms with Gasteiger partial charge in [-0.25, -0.2) is 0 Å². The molecule has 0 aromatic rings. The topological polar surface area (TPSA) is 26.0 Å². The molecule has 0 aromatic carbocycles. The molecule has 2 N–H and O–H groups in total. The van der Waals surface area contributed by atoms with E-state index in [1.54, 1.807) is 0 Å². The Morgan fingerprint density at radius 1 is 0.944 bits per heavy atom. The van der Waals surface area contributed by atoms with Gasteiger partial charge >= 0.3 is 0 Å². The van der Waals surface area contributed by atoms with E-state index < -0.39 is 0 Å². The smallest absolute Gasteiger partial charge is 0.0201 e. The second-order valence-corrected chi connectivity index (χ2v) is 7.65. The maximum Gasteiger partial charge on any atom is 0.0201 e. The summed E-state index contributed by atoms with van der Waals surface area (Å²) in [6.45, 7) is 4.64. The van der Waals surface area contributed by atoms with E-state index in [0.717, 1.165) is 5.25 Å². The van der Waals surface area contributed by atoms with Crippen molar-refractivity contribution >= 4 is 11.8 Å². The fourth-order valence-electron chi connectivity index (χ4n) is 2.75. The van der Waals surface area contributed by atoms with Crippen molar-refractivity contribution in [3.05, 3.63) is 0 Å². The van der Waals surface area contributed by atoms with Gasteiger partial charge in [0.1, 0.15) is 0 Å². The van der Waals surface area contributed by atoms with Crippen LogP contribution in [-0.4, -0.2) is 16.5 Å². The summed E-state index contributed by atoms with van der Waals surface area (Å²) >= 11 is 2.15. The van der Waals surface area contributed by atoms with Crippen LogP contribution in [0.2, 0.25) is 0 Å². The fraction of sp³-hybridized carbons (Fsp3) is 1.00. The highest BCUT2D eigenvalue weighted by atomic mass is 32.2. The van der Waals surface area contributed by atoms with Gasteiger partial charge in [-0.3, -0.25) is 0 Å². The van der Waals surface area contributed by atoms with Crippen molar-refractivity contribution < 1.29 is 0 Å². The predicted molar refractivity (Wildman–Crippen MR) is 85.3 cm³/mol. The van der Waals surface area contributed by atoms with E-state index in [9.17, 15) is 0 Å². The highest BCUT2D eigenvalue weighted by Gasteiger charge is 2.20. The van der Waals surface area contributed by atoms with Crippen molar-refractivity contribution in [1.82, 2.24) is 0 Å². The number of rotatable bonds is 3. The van der Waals surface area contributed by atoms with Gasteiger partial charge in [0.25, 0.3) is 0 Å². The SMILES string of the molecule is CCC(C)SC1CCCCCCCCCCC1N. The second kappa shape index (κ2) is 10.1. The molecule has 1 saturated carbocycles. The van der Waals surface area contributed by atoms with E-state index in [1.807, 2.05) is 0 Å². The molecule has 18 heavy (non-hydrogen) atoms. The van der Waals surface area contributed by atoms with E-state index in [0.29, 0.717) is 11.3 Å². The first-order valence-corrected chi connectivity index (χ1v) is 9.09. The standard InChI is InChI=1S/C16H33NS/c1-3-14(2)18-16-13-11-9-7-5-4-6-8-10-12-15(16)17/h14-16H,3-13,17H2,1-2H3. The molecule has 0 heterocycles. The van der Waals surface area contributed by atoms with Gasteiger partial charge in [0.05, 0.1) is 0 Å². The summed E-state index contributed by atoms with van der Waals surface area (Å²) in [7, 11) is 0. The molecule has 0 aromatic heterocycles. The van der Waals surface area contributed by atoms with Crippen molar-refractivity contribution in [2.75, 3.05) is 0 Å². The third-order valence-corrected chi connectivity index (χ3v) is 5.97. The van der Waals surface area contributed by atoms with Gasteiger partial charge in [-0.15, -0.1) is 0 Å². The summed E-state index contributed by atoms with van der Waals surface area (Å²) in [6.07, 6.45) is 15.2. The molecule has 1 nitrogen and oxygen atoms in total. The number of hydrogen-bond acceptors (Lipinski definition) is 2. The maximum absolute atomic E-state index is 6.44. The third kappa shape index (κ3) is 7.04. The quantitative estimate of drug-likeness (QED) is 0.770. The van der Waals surface area contributed by atoms with E-state index in [-0.39, 0.29) is 0 Å². The van der Waals surface area contributed by atoms with Crippen LogP contribution in [0.4, 0.5) is 0 Å². The largest absolute Gasteiger partial charge is 0.327 e. The van der Waals surface area contributed by atoms with Crippen LogP contribution < -0.4 is 5.73 Å². The Morgan fingerprint density at radius 2 is 1.44 bits per heavy atom. The Bertz CT molecular complexity index is 196. The fourth-order valence-corrected chi connectivity index (χ4v) is 4.18. The van der Waals surface area contributed by atoms with E-state index in [1.165, 1.54) is 70.6 Å². The maximum atomic E-state index is 6.44. The van der Waals surface area contributed by atoms with Crippen molar-refractivity contribution in [2.24, 2.45) is 5.73 Å². The van der Waals surface area contributed by atoms with Gasteiger partial charge in [0.15, 0.2) is 0 Å². The Hall–Kier alpha value is 0.310. The third-order valence-electron chi connectivity index (χ3n) is 4.24. The molecule has 3 atom stereocenters. The van der Waals surface area contributed by atoms with Crippen LogP contribution in [0.5, 0.6) is 0 Å². The van der Waals surface area contributed by atoms with Crippen LogP contribution in [0, 0.1) is 0 Å². The summed E-state index contributed by atoms with van der Waals surface area (Å²) in [5.74, 6) is 0. The first-order valence-electron chi connectivity index (χ1n) is 8.15. The zero-order valence-electron chi connectivity index (χ0n) is 12.5. The zero-order valence-corrected chi connectivity index (χ0v) is 13.3. The molecule has 0 aliphatic heterocycles. The molecule has 2 heteroatoms. The number of nitrogens with two attached hydrogens (primary N) is 1. The summed E-state index contributed by atoms with van der Waals surface area (Å²) in [6, 6.07) is 0.434. The number of hydrogen-bond donors (Lipinski definition) is 1. The van der Waals surface area contributed by atoms with E-state index in [2.05, 4.69) is 25.6 Å². The Morgan fingerprint density at radius 3 is 2.00 bits per heavy atom. The molecule has 0 radical (unpaired) electrons. The highest BCUT2D eigenvalue weighted by Crippen LogP contribution is 2.29. The minimum atomic E-state index is 0.434. The molecule has 0 saturated heterocycles. The zero-order chi connectivity index (χ0) is 13.2. The average molecular weight is 272 g/mol. The lowest BCUT2D eigenvalue weighted by Gasteiger charge is -2.26. The lowest BCUT2D eigenvalue weighted by Crippen LogP contribution is -2.33. The molecule has 1 fully saturated rings. The van der Waals surface area contributed by atoms with Crippen LogP contribution in [0.1, 0.15) is 84.5 Å². The molecular weight excluding hydrogens is 238 g/mol. The highest BCUT2D eigenvalue weighted by molar-refractivity contribution is 8.00. The van der Waals surface area contributed by atoms with Crippen molar-refractivity contribution in [2.45, 2.75) is 101 Å². The normalized spacial score (nSPS) is 30.2. The van der Waals surface area contributed by atoms with Crippen LogP contribution in [-0.2, 0) is 0 Å². The van der Waals surface area contributed by atoms with Gasteiger partial charge in [-0.1, -0.05) is 65.2 Å². The van der Waals surface area contributed by atoms with E-state index in [4.69, 9.17) is 5.73 Å². The molecule has 0 amide bonds. The van der Waals surface area contributed by atoms with Crippen LogP contribution in [0.25, 0.3) is 0 Å². The molecule has 0 spiro atoms. The van der Waals surface area contributed by atoms with Crippen molar-refractivity contribution in [1.29, 1.82) is 0 Å². The lowest BCUT2D eigenvalue weighted by molar-refractivity contribution is 0.472. The van der Waals surface area contributed by atoms with Crippen LogP contribution in [0.3, 0.4) is 0 Å². The molecule has 1 aliphatic rings. The predicted octanol–water partition coefficient (Wildman–Crippen LogP) is 5.13. The van der Waals surface area contributed by atoms with Crippen molar-refractivity contribution in [3.63, 3.8) is 0 Å². The van der Waals surface area contributed by atoms with Gasteiger partial charge in [0, 0.05) is 16.5 Å². The minimum absolute atomic E-state index is 0.434. The first-order chi connectivity index (χ1) is 8.74. The lowest BCUT2D eigenvalue weighted by atomic mass is 9.98. The molecule has 1 rings (SSSR count). The summed E-state index contributed by atoms with van der Waals surface area (Å²) < 4.78 is 0. The van der Waals surface area contributed by atoms with Gasteiger partial charge in [-0.2, -0.15) is 11.8 Å². The minimum Gasteiger partial charge on any atom is -0.327 e. The Labute approximate surface area is 119 Å². The molecule has 0 bridgehead atoms. The van der Waals surface area contributed by atoms with Crippen molar-refractivity contribution in [3.8, 4) is 0 Å². The second-order valence-electron chi connectivity index (χ2n) is 5.96. The Kier molecular flexibility index (Phi) is 9.22. The molecule has 108 valence electrons. The van der Waals surface area contributed by atoms with Gasteiger partial charge < -0.3 is 5.73 Å². The summed E-state index contributed by atoms with van der Waals surface area (Å²) in [5, 5.41) is 1.48. The Balaban J connectivity index is 2.41. The van der Waals surface area contributed by atoms with Gasteiger partial charge in [0.2, 0.25) is 0 Å². The van der Waals surface area contributed by atoms with Crippen LogP contribution >= 0.6 is 11.8 Å². The first kappa shape index (κ1) is 16.4. The van der Waals surface area contributed by atoms with Gasteiger partial charge in [-0.05, 0) is 19.3 Å². The molecule has 1 aliphatic carbocycles. The van der Waals surface area contributed by atoms with Crippen LogP contribution in [0.15, 0.2) is 0 Å². The summed E-state index contributed by atoms with van der Waals surface area (Å²) in [4.78, 5) is 0. The summed E-state index contributed by atoms with van der Waals surface area (Å²) in [5.41, 5.74) is 6.44. The molecular formula is C16H33NS. The van der Waals surface area contributed by atoms with E-state index >= 15 is 0 Å². The number of thioether (sulfide) groups is 1. The molecule has 3 unspecified atom stereocenters. The monoisotopic (exact) mass is 271 g/mol. The average Bonchev–Trinajstić information content (AvgIpc) is 2.37.